The summed E-state index contributed by atoms with van der Waals surface area (Å²) in [7, 11) is 0. The molecule has 1 aromatic rings. The van der Waals surface area contributed by atoms with Gasteiger partial charge in [-0.15, -0.1) is 0 Å². The zero-order valence-electron chi connectivity index (χ0n) is 11.0. The van der Waals surface area contributed by atoms with E-state index in [9.17, 15) is 4.79 Å². The molecule has 1 heterocycles. The third-order valence-corrected chi connectivity index (χ3v) is 4.54. The van der Waals surface area contributed by atoms with Crippen molar-refractivity contribution in [2.24, 2.45) is 11.8 Å². The Morgan fingerprint density at radius 1 is 1.26 bits per heavy atom. The number of hydrogen-bond acceptors (Lipinski definition) is 2. The number of hydrogen-bond donors (Lipinski definition) is 2. The van der Waals surface area contributed by atoms with Gasteiger partial charge in [-0.2, -0.15) is 0 Å². The molecule has 0 bridgehead atoms. The lowest BCUT2D eigenvalue weighted by molar-refractivity contribution is 0.151. The van der Waals surface area contributed by atoms with E-state index < -0.39 is 6.09 Å². The first-order chi connectivity index (χ1) is 9.24. The lowest BCUT2D eigenvalue weighted by Gasteiger charge is -2.20. The molecule has 1 aliphatic carbocycles. The van der Waals surface area contributed by atoms with Gasteiger partial charge in [0, 0.05) is 25.7 Å². The maximum Gasteiger partial charge on any atom is 0.407 e. The van der Waals surface area contributed by atoms with Crippen LogP contribution in [0.2, 0.25) is 0 Å². The topological polar surface area (TPSA) is 52.6 Å². The molecule has 3 atom stereocenters. The minimum Gasteiger partial charge on any atom is -0.465 e. The molecule has 0 spiro atoms. The van der Waals surface area contributed by atoms with Gasteiger partial charge in [0.15, 0.2) is 0 Å². The minimum absolute atomic E-state index is 0.467. The van der Waals surface area contributed by atoms with E-state index in [-0.39, 0.29) is 0 Å². The van der Waals surface area contributed by atoms with Crippen molar-refractivity contribution in [3.8, 4) is 0 Å². The first-order valence-electron chi connectivity index (χ1n) is 6.99. The van der Waals surface area contributed by atoms with E-state index in [1.165, 1.54) is 12.0 Å². The van der Waals surface area contributed by atoms with E-state index in [1.807, 2.05) is 6.07 Å². The zero-order chi connectivity index (χ0) is 13.2. The molecule has 1 saturated carbocycles. The molecule has 4 nitrogen and oxygen atoms in total. The second-order valence-electron chi connectivity index (χ2n) is 5.66. The Morgan fingerprint density at radius 3 is 2.79 bits per heavy atom. The summed E-state index contributed by atoms with van der Waals surface area (Å²) in [6, 6.07) is 10.8. The molecule has 2 aliphatic rings. The van der Waals surface area contributed by atoms with Gasteiger partial charge in [-0.1, -0.05) is 30.3 Å². The fourth-order valence-electron chi connectivity index (χ4n) is 3.52. The van der Waals surface area contributed by atoms with Crippen LogP contribution in [0.25, 0.3) is 0 Å². The zero-order valence-corrected chi connectivity index (χ0v) is 11.0. The van der Waals surface area contributed by atoms with Crippen LogP contribution in [0.1, 0.15) is 18.4 Å². The van der Waals surface area contributed by atoms with Gasteiger partial charge in [0.25, 0.3) is 0 Å². The Kier molecular flexibility index (Phi) is 3.42. The Labute approximate surface area is 113 Å². The molecular weight excluding hydrogens is 240 g/mol. The second kappa shape index (κ2) is 5.21. The van der Waals surface area contributed by atoms with Crippen molar-refractivity contribution < 1.29 is 9.90 Å². The van der Waals surface area contributed by atoms with E-state index in [2.05, 4.69) is 29.6 Å². The number of nitrogens with one attached hydrogen (secondary N) is 1. The summed E-state index contributed by atoms with van der Waals surface area (Å²) in [5.74, 6) is 1.06. The van der Waals surface area contributed by atoms with Crippen LogP contribution in [0.5, 0.6) is 0 Å². The molecule has 102 valence electrons. The molecule has 19 heavy (non-hydrogen) atoms. The average molecular weight is 260 g/mol. The number of amides is 1. The predicted molar refractivity (Wildman–Crippen MR) is 72.9 cm³/mol. The number of carbonyl (C=O) groups is 1. The van der Waals surface area contributed by atoms with Crippen LogP contribution < -0.4 is 5.32 Å². The lowest BCUT2D eigenvalue weighted by Crippen LogP contribution is -2.36. The van der Waals surface area contributed by atoms with Crippen LogP contribution in [0, 0.1) is 11.8 Å². The van der Waals surface area contributed by atoms with Crippen molar-refractivity contribution in [1.82, 2.24) is 10.2 Å². The average Bonchev–Trinajstić information content (AvgIpc) is 2.98. The highest BCUT2D eigenvalue weighted by Gasteiger charge is 2.43. The minimum atomic E-state index is -0.767. The molecule has 1 aliphatic heterocycles. The maximum absolute atomic E-state index is 11.0. The Balaban J connectivity index is 1.57. The van der Waals surface area contributed by atoms with Gasteiger partial charge in [0.1, 0.15) is 0 Å². The van der Waals surface area contributed by atoms with Crippen LogP contribution in [0.4, 0.5) is 4.79 Å². The molecule has 2 N–H and O–H groups in total. The van der Waals surface area contributed by atoms with Crippen LogP contribution in [-0.2, 0) is 6.54 Å². The molecule has 3 rings (SSSR count). The Morgan fingerprint density at radius 2 is 2.05 bits per heavy atom. The normalized spacial score (nSPS) is 29.5. The third kappa shape index (κ3) is 2.59. The number of likely N-dealkylation sites (tertiary alicyclic amines) is 1. The fourth-order valence-corrected chi connectivity index (χ4v) is 3.52. The van der Waals surface area contributed by atoms with Gasteiger partial charge in [-0.25, -0.2) is 4.79 Å². The van der Waals surface area contributed by atoms with Crippen molar-refractivity contribution in [3.63, 3.8) is 0 Å². The molecule has 1 aromatic carbocycles. The van der Waals surface area contributed by atoms with Crippen molar-refractivity contribution in [2.45, 2.75) is 25.4 Å². The number of carboxylic acid groups (broad SMARTS) is 1. The number of benzene rings is 1. The second-order valence-corrected chi connectivity index (χ2v) is 5.66. The summed E-state index contributed by atoms with van der Waals surface area (Å²) in [5, 5.41) is 12.7. The summed E-state index contributed by atoms with van der Waals surface area (Å²) in [6.07, 6.45) is 1.56. The van der Waals surface area contributed by atoms with Gasteiger partial charge in [-0.3, -0.25) is 0 Å². The Hall–Kier alpha value is -1.55. The largest absolute Gasteiger partial charge is 0.465 e. The number of rotatable bonds is 3. The summed E-state index contributed by atoms with van der Waals surface area (Å²) in [4.78, 5) is 12.6. The summed E-state index contributed by atoms with van der Waals surface area (Å²) < 4.78 is 0. The van der Waals surface area contributed by atoms with Gasteiger partial charge in [-0.05, 0) is 30.2 Å². The molecule has 2 fully saturated rings. The third-order valence-electron chi connectivity index (χ3n) is 4.54. The molecule has 3 unspecified atom stereocenters. The van der Waals surface area contributed by atoms with E-state index in [0.717, 1.165) is 19.5 Å². The quantitative estimate of drug-likeness (QED) is 0.875. The number of nitrogens with zero attached hydrogens (tertiary/aromatic N) is 1. The van der Waals surface area contributed by atoms with Gasteiger partial charge in [0.05, 0.1) is 0 Å². The maximum atomic E-state index is 11.0. The van der Waals surface area contributed by atoms with Crippen LogP contribution in [0.15, 0.2) is 30.3 Å². The lowest BCUT2D eigenvalue weighted by atomic mass is 9.97. The first kappa shape index (κ1) is 12.5. The molecule has 0 radical (unpaired) electrons. The monoisotopic (exact) mass is 260 g/mol. The molecule has 1 amide bonds. The van der Waals surface area contributed by atoms with Crippen LogP contribution in [-0.4, -0.2) is 35.2 Å². The molecule has 1 saturated heterocycles. The molecule has 0 aromatic heterocycles. The van der Waals surface area contributed by atoms with Gasteiger partial charge in [0.2, 0.25) is 0 Å². The molecule has 4 heteroatoms. The van der Waals surface area contributed by atoms with E-state index >= 15 is 0 Å². The van der Waals surface area contributed by atoms with E-state index in [4.69, 9.17) is 5.11 Å². The summed E-state index contributed by atoms with van der Waals surface area (Å²) in [6.45, 7) is 2.30. The standard InChI is InChI=1S/C15H20N2O2/c18-15(19)17-9-12-6-7-14(13(12)10-17)16-8-11-4-2-1-3-5-11/h1-5,12-14,16H,6-10H2,(H,18,19). The summed E-state index contributed by atoms with van der Waals surface area (Å²) >= 11 is 0. The van der Waals surface area contributed by atoms with Gasteiger partial charge >= 0.3 is 6.09 Å². The van der Waals surface area contributed by atoms with Gasteiger partial charge < -0.3 is 15.3 Å². The van der Waals surface area contributed by atoms with Crippen molar-refractivity contribution in [3.05, 3.63) is 35.9 Å². The highest BCUT2D eigenvalue weighted by Crippen LogP contribution is 2.38. The molecular formula is C15H20N2O2. The van der Waals surface area contributed by atoms with Crippen LogP contribution in [0.3, 0.4) is 0 Å². The number of fused-ring (bicyclic) bond motifs is 1. The van der Waals surface area contributed by atoms with Crippen LogP contribution >= 0.6 is 0 Å². The smallest absolute Gasteiger partial charge is 0.407 e. The predicted octanol–water partition coefficient (Wildman–Crippen LogP) is 2.16. The Bertz CT molecular complexity index is 449. The van der Waals surface area contributed by atoms with Crippen molar-refractivity contribution in [2.75, 3.05) is 13.1 Å². The van der Waals surface area contributed by atoms with Crippen molar-refractivity contribution >= 4 is 6.09 Å². The highest BCUT2D eigenvalue weighted by molar-refractivity contribution is 5.65. The SMILES string of the molecule is O=C(O)N1CC2CCC(NCc3ccccc3)C2C1. The fraction of sp³-hybridized carbons (Fsp3) is 0.533. The van der Waals surface area contributed by atoms with E-state index in [0.29, 0.717) is 24.4 Å². The summed E-state index contributed by atoms with van der Waals surface area (Å²) in [5.41, 5.74) is 1.29. The van der Waals surface area contributed by atoms with Crippen molar-refractivity contribution in [1.29, 1.82) is 0 Å². The first-order valence-corrected chi connectivity index (χ1v) is 6.99. The highest BCUT2D eigenvalue weighted by atomic mass is 16.4. The van der Waals surface area contributed by atoms with E-state index in [1.54, 1.807) is 4.90 Å².